The molecule has 3 N–H and O–H groups in total. The molecule has 0 atom stereocenters. The molecule has 1 aromatic carbocycles. The molecule has 8 nitrogen and oxygen atoms in total. The molecule has 1 saturated carbocycles. The average molecular weight is 536 g/mol. The minimum Gasteiger partial charge on any atom is -0.335 e. The van der Waals surface area contributed by atoms with Gasteiger partial charge in [-0.2, -0.15) is 4.39 Å². The highest BCUT2D eigenvalue weighted by atomic mass is 32.1. The molecule has 4 aromatic heterocycles. The van der Waals surface area contributed by atoms with Crippen LogP contribution in [0.5, 0.6) is 0 Å². The van der Waals surface area contributed by atoms with Crippen molar-refractivity contribution in [3.05, 3.63) is 83.3 Å². The summed E-state index contributed by atoms with van der Waals surface area (Å²) < 4.78 is 13.7. The second-order valence-electron chi connectivity index (χ2n) is 9.76. The van der Waals surface area contributed by atoms with Crippen molar-refractivity contribution in [3.8, 4) is 21.6 Å². The van der Waals surface area contributed by atoms with E-state index in [-0.39, 0.29) is 23.5 Å². The molecule has 10 heteroatoms. The second kappa shape index (κ2) is 9.32. The molecule has 1 aliphatic carbocycles. The van der Waals surface area contributed by atoms with Crippen LogP contribution in [0.15, 0.2) is 66.2 Å². The van der Waals surface area contributed by atoms with Crippen molar-refractivity contribution < 1.29 is 9.18 Å². The van der Waals surface area contributed by atoms with Gasteiger partial charge in [0.15, 0.2) is 11.0 Å². The zero-order valence-corrected chi connectivity index (χ0v) is 21.5. The Balaban J connectivity index is 1.27. The maximum absolute atomic E-state index is 13.7. The number of hydrogen-bond donors (Lipinski definition) is 3. The lowest BCUT2D eigenvalue weighted by Crippen LogP contribution is -2.28. The summed E-state index contributed by atoms with van der Waals surface area (Å²) in [4.78, 5) is 34.7. The van der Waals surface area contributed by atoms with Gasteiger partial charge in [-0.1, -0.05) is 18.6 Å². The maximum atomic E-state index is 13.7. The summed E-state index contributed by atoms with van der Waals surface area (Å²) in [5.74, 6) is 0.680. The molecule has 5 heterocycles. The van der Waals surface area contributed by atoms with E-state index in [2.05, 4.69) is 20.3 Å². The van der Waals surface area contributed by atoms with Crippen molar-refractivity contribution >= 4 is 45.4 Å². The van der Waals surface area contributed by atoms with Crippen molar-refractivity contribution in [2.45, 2.75) is 19.3 Å². The third-order valence-corrected chi connectivity index (χ3v) is 8.17. The van der Waals surface area contributed by atoms with Gasteiger partial charge in [0, 0.05) is 45.4 Å². The number of nitrogens with zero attached hydrogens (tertiary/aromatic N) is 4. The van der Waals surface area contributed by atoms with Crippen LogP contribution >= 0.6 is 11.3 Å². The van der Waals surface area contributed by atoms with Crippen molar-refractivity contribution in [1.29, 1.82) is 5.41 Å². The first-order valence-corrected chi connectivity index (χ1v) is 13.5. The normalized spacial score (nSPS) is 15.1. The Labute approximate surface area is 226 Å². The first-order chi connectivity index (χ1) is 19.0. The minimum atomic E-state index is -0.268. The number of pyridine rings is 2. The maximum Gasteiger partial charge on any atom is 0.227 e. The predicted octanol–water partition coefficient (Wildman–Crippen LogP) is 5.84. The Kier molecular flexibility index (Phi) is 5.62. The first kappa shape index (κ1) is 23.5. The van der Waals surface area contributed by atoms with Crippen LogP contribution in [0.1, 0.15) is 36.2 Å². The quantitative estimate of drug-likeness (QED) is 0.262. The number of aromatic nitrogens is 4. The highest BCUT2D eigenvalue weighted by molar-refractivity contribution is 7.14. The number of carbonyl (C=O) groups excluding carboxylic acids is 1. The number of carbonyl (C=O) groups is 1. The second-order valence-corrected chi connectivity index (χ2v) is 10.8. The number of nitrogens with one attached hydrogen (secondary N) is 3. The van der Waals surface area contributed by atoms with E-state index < -0.39 is 0 Å². The van der Waals surface area contributed by atoms with Crippen LogP contribution in [0.3, 0.4) is 0 Å². The van der Waals surface area contributed by atoms with Gasteiger partial charge < -0.3 is 15.7 Å². The molecule has 0 unspecified atom stereocenters. The molecule has 2 aliphatic rings. The number of amides is 1. The number of benzene rings is 1. The SMILES string of the molecule is N=C1CN=C(c2nc3c(-c4ccc(F)s4)cncc3[nH]2)c2cc(-c3cncc(NC(=O)C4CCC4)c3)ccc21. The van der Waals surface area contributed by atoms with Gasteiger partial charge in [0.25, 0.3) is 0 Å². The Hall–Kier alpha value is -4.57. The molecule has 39 heavy (non-hydrogen) atoms. The molecular formula is C29H22FN7OS. The Morgan fingerprint density at radius 1 is 1.00 bits per heavy atom. The lowest BCUT2D eigenvalue weighted by atomic mass is 9.85. The lowest BCUT2D eigenvalue weighted by molar-refractivity contribution is -0.122. The van der Waals surface area contributed by atoms with Crippen LogP contribution in [0.4, 0.5) is 10.1 Å². The van der Waals surface area contributed by atoms with E-state index in [1.807, 2.05) is 24.3 Å². The van der Waals surface area contributed by atoms with E-state index in [0.29, 0.717) is 28.5 Å². The van der Waals surface area contributed by atoms with Crippen molar-refractivity contribution in [1.82, 2.24) is 19.9 Å². The molecule has 192 valence electrons. The number of thiophene rings is 1. The van der Waals surface area contributed by atoms with Crippen molar-refractivity contribution in [2.24, 2.45) is 10.9 Å². The molecular weight excluding hydrogens is 513 g/mol. The van der Waals surface area contributed by atoms with Crippen LogP contribution in [0, 0.1) is 16.5 Å². The fourth-order valence-corrected chi connectivity index (χ4v) is 5.72. The zero-order chi connectivity index (χ0) is 26.5. The van der Waals surface area contributed by atoms with Gasteiger partial charge in [-0.3, -0.25) is 19.8 Å². The molecule has 1 amide bonds. The third kappa shape index (κ3) is 4.22. The van der Waals surface area contributed by atoms with Gasteiger partial charge in [-0.05, 0) is 42.7 Å². The summed E-state index contributed by atoms with van der Waals surface area (Å²) in [6.07, 6.45) is 9.75. The number of halogens is 1. The Morgan fingerprint density at radius 2 is 1.87 bits per heavy atom. The molecule has 0 radical (unpaired) electrons. The first-order valence-electron chi connectivity index (χ1n) is 12.7. The number of hydrogen-bond acceptors (Lipinski definition) is 7. The summed E-state index contributed by atoms with van der Waals surface area (Å²) in [6, 6.07) is 10.9. The van der Waals surface area contributed by atoms with Gasteiger partial charge in [0.05, 0.1) is 35.9 Å². The van der Waals surface area contributed by atoms with Crippen molar-refractivity contribution in [2.75, 3.05) is 11.9 Å². The van der Waals surface area contributed by atoms with E-state index in [9.17, 15) is 9.18 Å². The highest BCUT2D eigenvalue weighted by Gasteiger charge is 2.26. The van der Waals surface area contributed by atoms with Crippen LogP contribution < -0.4 is 5.32 Å². The molecule has 1 fully saturated rings. The molecule has 0 saturated heterocycles. The predicted molar refractivity (Wildman–Crippen MR) is 150 cm³/mol. The standard InChI is InChI=1S/C29H22FN7OS/c30-25-7-6-24(39-25)21-12-33-14-23-26(21)37-28(36-23)27-20-9-16(4-5-19(20)22(31)13-34-27)17-8-18(11-32-10-17)35-29(38)15-2-1-3-15/h4-12,14-15,31H,1-3,13H2,(H,35,38)(H,36,37). The fourth-order valence-electron chi connectivity index (χ4n) is 4.98. The number of rotatable bonds is 5. The number of aliphatic imine (C=N–C) groups is 1. The summed E-state index contributed by atoms with van der Waals surface area (Å²) in [5, 5.41) is 11.2. The number of aromatic amines is 1. The highest BCUT2D eigenvalue weighted by Crippen LogP contribution is 2.33. The molecule has 0 spiro atoms. The zero-order valence-electron chi connectivity index (χ0n) is 20.7. The largest absolute Gasteiger partial charge is 0.335 e. The van der Waals surface area contributed by atoms with Gasteiger partial charge in [0.2, 0.25) is 5.91 Å². The molecule has 5 aromatic rings. The van der Waals surface area contributed by atoms with Crippen LogP contribution in [-0.4, -0.2) is 43.8 Å². The topological polar surface area (TPSA) is 120 Å². The Bertz CT molecular complexity index is 1820. The summed E-state index contributed by atoms with van der Waals surface area (Å²) in [5.41, 5.74) is 7.16. The molecule has 7 rings (SSSR count). The van der Waals surface area contributed by atoms with Crippen molar-refractivity contribution in [3.63, 3.8) is 0 Å². The number of H-pyrrole nitrogens is 1. The molecule has 0 bridgehead atoms. The third-order valence-electron chi connectivity index (χ3n) is 7.27. The summed E-state index contributed by atoms with van der Waals surface area (Å²) >= 11 is 1.05. The summed E-state index contributed by atoms with van der Waals surface area (Å²) in [7, 11) is 0. The van der Waals surface area contributed by atoms with Gasteiger partial charge in [-0.25, -0.2) is 4.98 Å². The lowest BCUT2D eigenvalue weighted by Gasteiger charge is -2.24. The van der Waals surface area contributed by atoms with E-state index in [4.69, 9.17) is 15.4 Å². The molecule has 1 aliphatic heterocycles. The number of anilines is 1. The van der Waals surface area contributed by atoms with Crippen LogP contribution in [0.2, 0.25) is 0 Å². The van der Waals surface area contributed by atoms with Crippen LogP contribution in [-0.2, 0) is 4.79 Å². The van der Waals surface area contributed by atoms with E-state index >= 15 is 0 Å². The number of fused-ring (bicyclic) bond motifs is 2. The fraction of sp³-hybridized carbons (Fsp3) is 0.172. The van der Waals surface area contributed by atoms with Gasteiger partial charge >= 0.3 is 0 Å². The van der Waals surface area contributed by atoms with Crippen LogP contribution in [0.25, 0.3) is 32.6 Å². The van der Waals surface area contributed by atoms with Gasteiger partial charge in [-0.15, -0.1) is 11.3 Å². The van der Waals surface area contributed by atoms with Gasteiger partial charge in [0.1, 0.15) is 11.2 Å². The monoisotopic (exact) mass is 535 g/mol. The van der Waals surface area contributed by atoms with E-state index in [1.165, 1.54) is 6.07 Å². The van der Waals surface area contributed by atoms with E-state index in [0.717, 1.165) is 68.8 Å². The number of imidazole rings is 1. The smallest absolute Gasteiger partial charge is 0.227 e. The van der Waals surface area contributed by atoms with E-state index in [1.54, 1.807) is 30.9 Å². The summed E-state index contributed by atoms with van der Waals surface area (Å²) in [6.45, 7) is 0.240. The average Bonchev–Trinajstić information content (AvgIpc) is 3.54. The Morgan fingerprint density at radius 3 is 2.67 bits per heavy atom. The minimum absolute atomic E-state index is 0.0394.